The van der Waals surface area contributed by atoms with Gasteiger partial charge in [0.15, 0.2) is 0 Å². The summed E-state index contributed by atoms with van der Waals surface area (Å²) in [6, 6.07) is 23.6. The highest BCUT2D eigenvalue weighted by molar-refractivity contribution is 7.92. The van der Waals surface area contributed by atoms with E-state index < -0.39 is 40.2 Å². The van der Waals surface area contributed by atoms with Crippen LogP contribution in [0.25, 0.3) is 0 Å². The van der Waals surface area contributed by atoms with E-state index in [1.807, 2.05) is 44.2 Å². The summed E-state index contributed by atoms with van der Waals surface area (Å²) in [4.78, 5) is 29.4. The first-order chi connectivity index (χ1) is 22.5. The molecular formula is C35H36Cl2FN3O5S. The molecule has 0 heterocycles. The molecule has 4 aromatic carbocycles. The SMILES string of the molecule is CCCNC(=O)[C@@H](Cc1ccccc1)N(Cc1c(Cl)cccc1Cl)C(=O)CN(c1ccc(OCC)cc1)S(=O)(=O)c1ccc(F)cc1. The molecule has 12 heteroatoms. The fraction of sp³-hybridized carbons (Fsp3) is 0.257. The van der Waals surface area contributed by atoms with Crippen molar-refractivity contribution >= 4 is 50.7 Å². The average Bonchev–Trinajstić information content (AvgIpc) is 3.06. The number of nitrogens with zero attached hydrogens (tertiary/aromatic N) is 2. The summed E-state index contributed by atoms with van der Waals surface area (Å²) in [6.07, 6.45) is 0.799. The van der Waals surface area contributed by atoms with E-state index in [2.05, 4.69) is 5.32 Å². The lowest BCUT2D eigenvalue weighted by atomic mass is 10.0. The number of anilines is 1. The van der Waals surface area contributed by atoms with Gasteiger partial charge >= 0.3 is 0 Å². The number of carbonyl (C=O) groups is 2. The lowest BCUT2D eigenvalue weighted by Gasteiger charge is -2.34. The number of hydrogen-bond acceptors (Lipinski definition) is 5. The fourth-order valence-corrected chi connectivity index (χ4v) is 6.84. The standard InChI is InChI=1S/C35H36Cl2FN3O5S/c1-3-21-39-35(43)33(22-25-9-6-5-7-10-25)40(23-30-31(36)11-8-12-32(30)37)34(42)24-41(27-15-17-28(18-16-27)46-4-2)47(44,45)29-19-13-26(38)14-20-29/h5-20,33H,3-4,21-24H2,1-2H3,(H,39,43)/t33-/m1/s1. The van der Waals surface area contributed by atoms with Crippen LogP contribution >= 0.6 is 23.2 Å². The van der Waals surface area contributed by atoms with E-state index in [9.17, 15) is 22.4 Å². The summed E-state index contributed by atoms with van der Waals surface area (Å²) in [6.45, 7) is 3.63. The largest absolute Gasteiger partial charge is 0.494 e. The number of rotatable bonds is 15. The zero-order valence-electron chi connectivity index (χ0n) is 26.0. The third kappa shape index (κ3) is 9.24. The Morgan fingerprint density at radius 2 is 1.51 bits per heavy atom. The zero-order chi connectivity index (χ0) is 34.0. The van der Waals surface area contributed by atoms with Crippen LogP contribution in [-0.4, -0.2) is 50.9 Å². The molecule has 0 spiro atoms. The van der Waals surface area contributed by atoms with Crippen LogP contribution in [0.5, 0.6) is 5.75 Å². The molecule has 0 unspecified atom stereocenters. The lowest BCUT2D eigenvalue weighted by Crippen LogP contribution is -2.53. The Hall–Kier alpha value is -4.12. The maximum Gasteiger partial charge on any atom is 0.264 e. The Morgan fingerprint density at radius 3 is 2.11 bits per heavy atom. The van der Waals surface area contributed by atoms with Gasteiger partial charge in [-0.15, -0.1) is 0 Å². The number of hydrogen-bond donors (Lipinski definition) is 1. The van der Waals surface area contributed by atoms with Crippen LogP contribution in [0.1, 0.15) is 31.4 Å². The second-order valence-corrected chi connectivity index (χ2v) is 13.3. The van der Waals surface area contributed by atoms with Crippen LogP contribution in [0.4, 0.5) is 10.1 Å². The molecule has 0 radical (unpaired) electrons. The first kappa shape index (κ1) is 35.7. The van der Waals surface area contributed by atoms with Crippen LogP contribution in [-0.2, 0) is 32.6 Å². The minimum Gasteiger partial charge on any atom is -0.494 e. The molecule has 248 valence electrons. The van der Waals surface area contributed by atoms with Gasteiger partial charge in [0, 0.05) is 35.1 Å². The van der Waals surface area contributed by atoms with Crippen LogP contribution in [0.2, 0.25) is 10.0 Å². The third-order valence-electron chi connectivity index (χ3n) is 7.33. The number of ether oxygens (including phenoxy) is 1. The maximum atomic E-state index is 14.5. The minimum absolute atomic E-state index is 0.137. The molecule has 0 aromatic heterocycles. The summed E-state index contributed by atoms with van der Waals surface area (Å²) < 4.78 is 48.4. The van der Waals surface area contributed by atoms with Gasteiger partial charge in [-0.2, -0.15) is 0 Å². The van der Waals surface area contributed by atoms with Gasteiger partial charge in [-0.05, 0) is 79.6 Å². The van der Waals surface area contributed by atoms with Crippen molar-refractivity contribution < 1.29 is 27.1 Å². The molecule has 4 rings (SSSR count). The van der Waals surface area contributed by atoms with Gasteiger partial charge in [0.1, 0.15) is 24.2 Å². The molecule has 0 saturated carbocycles. The maximum absolute atomic E-state index is 14.5. The van der Waals surface area contributed by atoms with Gasteiger partial charge in [0.2, 0.25) is 11.8 Å². The predicted molar refractivity (Wildman–Crippen MR) is 183 cm³/mol. The van der Waals surface area contributed by atoms with E-state index in [-0.39, 0.29) is 33.6 Å². The van der Waals surface area contributed by atoms with Gasteiger partial charge in [-0.25, -0.2) is 12.8 Å². The Labute approximate surface area is 285 Å². The highest BCUT2D eigenvalue weighted by Crippen LogP contribution is 2.30. The summed E-state index contributed by atoms with van der Waals surface area (Å²) in [5, 5.41) is 3.45. The smallest absolute Gasteiger partial charge is 0.264 e. The van der Waals surface area contributed by atoms with E-state index in [1.54, 1.807) is 30.3 Å². The second-order valence-electron chi connectivity index (χ2n) is 10.6. The van der Waals surface area contributed by atoms with Gasteiger partial charge in [-0.1, -0.05) is 66.5 Å². The summed E-state index contributed by atoms with van der Waals surface area (Å²) in [5.74, 6) is -1.21. The van der Waals surface area contributed by atoms with E-state index in [1.165, 1.54) is 17.0 Å². The Kier molecular flexibility index (Phi) is 12.6. The number of amides is 2. The lowest BCUT2D eigenvalue weighted by molar-refractivity contribution is -0.140. The van der Waals surface area contributed by atoms with Crippen LogP contribution in [0.15, 0.2) is 102 Å². The van der Waals surface area contributed by atoms with Gasteiger partial charge in [0.05, 0.1) is 17.2 Å². The Bertz CT molecular complexity index is 1740. The molecule has 1 atom stereocenters. The summed E-state index contributed by atoms with van der Waals surface area (Å²) in [5.41, 5.74) is 1.35. The number of sulfonamides is 1. The van der Waals surface area contributed by atoms with Crippen molar-refractivity contribution in [3.05, 3.63) is 124 Å². The quantitative estimate of drug-likeness (QED) is 0.146. The van der Waals surface area contributed by atoms with Gasteiger partial charge in [-0.3, -0.25) is 13.9 Å². The Balaban J connectivity index is 1.83. The van der Waals surface area contributed by atoms with Crippen molar-refractivity contribution in [2.45, 2.75) is 44.2 Å². The van der Waals surface area contributed by atoms with Crippen LogP contribution < -0.4 is 14.4 Å². The van der Waals surface area contributed by atoms with E-state index in [0.717, 1.165) is 34.1 Å². The van der Waals surface area contributed by atoms with Gasteiger partial charge < -0.3 is 15.0 Å². The monoisotopic (exact) mass is 699 g/mol. The van der Waals surface area contributed by atoms with Crippen molar-refractivity contribution in [3.8, 4) is 5.75 Å². The molecule has 47 heavy (non-hydrogen) atoms. The Morgan fingerprint density at radius 1 is 0.872 bits per heavy atom. The number of carbonyl (C=O) groups excluding carboxylic acids is 2. The second kappa shape index (κ2) is 16.6. The normalized spacial score (nSPS) is 11.9. The molecule has 0 aliphatic rings. The first-order valence-corrected chi connectivity index (χ1v) is 17.3. The molecule has 0 aliphatic carbocycles. The van der Waals surface area contributed by atoms with Crippen molar-refractivity contribution in [1.29, 1.82) is 0 Å². The third-order valence-corrected chi connectivity index (χ3v) is 9.82. The zero-order valence-corrected chi connectivity index (χ0v) is 28.4. The van der Waals surface area contributed by atoms with Crippen LogP contribution in [0.3, 0.4) is 0 Å². The average molecular weight is 701 g/mol. The number of nitrogens with one attached hydrogen (secondary N) is 1. The molecule has 0 bridgehead atoms. The van der Waals surface area contributed by atoms with Gasteiger partial charge in [0.25, 0.3) is 10.0 Å². The molecule has 8 nitrogen and oxygen atoms in total. The minimum atomic E-state index is -4.41. The topological polar surface area (TPSA) is 96.0 Å². The van der Waals surface area contributed by atoms with E-state index >= 15 is 0 Å². The van der Waals surface area contributed by atoms with E-state index in [4.69, 9.17) is 27.9 Å². The molecule has 1 N–H and O–H groups in total. The predicted octanol–water partition coefficient (Wildman–Crippen LogP) is 6.89. The molecule has 0 saturated heterocycles. The molecule has 0 aliphatic heterocycles. The van der Waals surface area contributed by atoms with Crippen molar-refractivity contribution in [3.63, 3.8) is 0 Å². The molecule has 2 amide bonds. The summed E-state index contributed by atoms with van der Waals surface area (Å²) in [7, 11) is -4.41. The molecule has 4 aromatic rings. The van der Waals surface area contributed by atoms with Crippen molar-refractivity contribution in [1.82, 2.24) is 10.2 Å². The van der Waals surface area contributed by atoms with Crippen molar-refractivity contribution in [2.75, 3.05) is 24.0 Å². The molecule has 0 fully saturated rings. The molecular weight excluding hydrogens is 664 g/mol. The first-order valence-electron chi connectivity index (χ1n) is 15.1. The number of benzene rings is 4. The number of halogens is 3. The highest BCUT2D eigenvalue weighted by Gasteiger charge is 2.35. The summed E-state index contributed by atoms with van der Waals surface area (Å²) >= 11 is 13.1. The van der Waals surface area contributed by atoms with Crippen molar-refractivity contribution in [2.24, 2.45) is 0 Å². The highest BCUT2D eigenvalue weighted by atomic mass is 35.5. The fourth-order valence-electron chi connectivity index (χ4n) is 4.91. The van der Waals surface area contributed by atoms with Crippen LogP contribution in [0, 0.1) is 5.82 Å². The van der Waals surface area contributed by atoms with E-state index in [0.29, 0.717) is 30.9 Å².